The molecule has 0 bridgehead atoms. The molecule has 1 aliphatic heterocycles. The van der Waals surface area contributed by atoms with E-state index >= 15 is 0 Å². The Kier molecular flexibility index (Phi) is 4.86. The summed E-state index contributed by atoms with van der Waals surface area (Å²) >= 11 is 0. The van der Waals surface area contributed by atoms with Crippen LogP contribution in [0.1, 0.15) is 32.7 Å². The molecule has 3 rings (SSSR count). The highest BCUT2D eigenvalue weighted by Gasteiger charge is 2.27. The average molecular weight is 339 g/mol. The number of rotatable bonds is 4. The van der Waals surface area contributed by atoms with Crippen molar-refractivity contribution in [3.8, 4) is 11.1 Å². The van der Waals surface area contributed by atoms with Gasteiger partial charge in [-0.05, 0) is 42.7 Å². The number of hydrogen-bond acceptors (Lipinski definition) is 3. The Labute approximate surface area is 146 Å². The summed E-state index contributed by atoms with van der Waals surface area (Å²) in [6.07, 6.45) is 0.842. The lowest BCUT2D eigenvalue weighted by atomic mass is 9.98. The Morgan fingerprint density at radius 1 is 1.08 bits per heavy atom. The lowest BCUT2D eigenvalue weighted by molar-refractivity contribution is 0.0696. The van der Waals surface area contributed by atoms with Crippen LogP contribution in [0.15, 0.2) is 42.5 Å². The summed E-state index contributed by atoms with van der Waals surface area (Å²) in [4.78, 5) is 26.0. The van der Waals surface area contributed by atoms with Gasteiger partial charge in [0.15, 0.2) is 0 Å². The fraction of sp³-hybridized carbons (Fsp3) is 0.300. The van der Waals surface area contributed by atoms with Gasteiger partial charge >= 0.3 is 5.97 Å². The van der Waals surface area contributed by atoms with Crippen LogP contribution >= 0.6 is 0 Å². The van der Waals surface area contributed by atoms with Crippen molar-refractivity contribution in [3.63, 3.8) is 0 Å². The van der Waals surface area contributed by atoms with Gasteiger partial charge in [0.2, 0.25) is 0 Å². The van der Waals surface area contributed by atoms with E-state index in [-0.39, 0.29) is 17.6 Å². The number of methoxy groups -OCH3 is 1. The van der Waals surface area contributed by atoms with E-state index in [9.17, 15) is 14.7 Å². The maximum Gasteiger partial charge on any atom is 0.335 e. The molecule has 2 aromatic carbocycles. The zero-order valence-electron chi connectivity index (χ0n) is 14.4. The van der Waals surface area contributed by atoms with Crippen LogP contribution in [0, 0.1) is 6.92 Å². The number of benzene rings is 2. The van der Waals surface area contributed by atoms with Gasteiger partial charge in [0.25, 0.3) is 5.91 Å². The fourth-order valence-electron chi connectivity index (χ4n) is 3.07. The number of carboxylic acid groups (broad SMARTS) is 1. The van der Waals surface area contributed by atoms with Gasteiger partial charge in [-0.1, -0.05) is 29.8 Å². The summed E-state index contributed by atoms with van der Waals surface area (Å²) in [5.41, 5.74) is 3.25. The van der Waals surface area contributed by atoms with Gasteiger partial charge in [0, 0.05) is 25.8 Å². The standard InChI is InChI=1S/C20H21NO4/c1-13-3-5-14(6-4-13)15-9-16(11-17(10-15)20(23)24)19(22)21-8-7-18(12-21)25-2/h3-6,9-11,18H,7-8,12H2,1-2H3,(H,23,24). The van der Waals surface area contributed by atoms with Gasteiger partial charge in [-0.2, -0.15) is 0 Å². The second kappa shape index (κ2) is 7.07. The predicted octanol–water partition coefficient (Wildman–Crippen LogP) is 3.22. The summed E-state index contributed by atoms with van der Waals surface area (Å²) < 4.78 is 5.31. The largest absolute Gasteiger partial charge is 0.478 e. The van der Waals surface area contributed by atoms with Gasteiger partial charge in [-0.15, -0.1) is 0 Å². The Bertz CT molecular complexity index is 798. The number of aromatic carboxylic acids is 1. The molecule has 0 saturated carbocycles. The number of carboxylic acids is 1. The smallest absolute Gasteiger partial charge is 0.335 e. The van der Waals surface area contributed by atoms with Crippen molar-refractivity contribution in [2.45, 2.75) is 19.4 Å². The minimum Gasteiger partial charge on any atom is -0.478 e. The molecule has 1 saturated heterocycles. The maximum absolute atomic E-state index is 12.8. The third-order valence-electron chi connectivity index (χ3n) is 4.58. The van der Waals surface area contributed by atoms with Crippen LogP contribution in [-0.4, -0.2) is 48.2 Å². The first kappa shape index (κ1) is 17.2. The Morgan fingerprint density at radius 2 is 1.76 bits per heavy atom. The molecule has 5 nitrogen and oxygen atoms in total. The molecule has 0 spiro atoms. The van der Waals surface area contributed by atoms with Gasteiger partial charge in [0.1, 0.15) is 0 Å². The number of carbonyl (C=O) groups excluding carboxylic acids is 1. The van der Waals surface area contributed by atoms with Gasteiger partial charge in [-0.3, -0.25) is 4.79 Å². The van der Waals surface area contributed by atoms with E-state index in [0.29, 0.717) is 18.7 Å². The molecule has 2 aromatic rings. The molecule has 1 N–H and O–H groups in total. The number of aryl methyl sites for hydroxylation is 1. The number of nitrogens with zero attached hydrogens (tertiary/aromatic N) is 1. The van der Waals surface area contributed by atoms with E-state index in [2.05, 4.69) is 0 Å². The Hall–Kier alpha value is -2.66. The molecule has 130 valence electrons. The van der Waals surface area contributed by atoms with Crippen molar-refractivity contribution < 1.29 is 19.4 Å². The van der Waals surface area contributed by atoms with Gasteiger partial charge in [-0.25, -0.2) is 4.79 Å². The van der Waals surface area contributed by atoms with Crippen LogP contribution in [0.2, 0.25) is 0 Å². The summed E-state index contributed by atoms with van der Waals surface area (Å²) in [5, 5.41) is 9.41. The highest BCUT2D eigenvalue weighted by atomic mass is 16.5. The molecule has 0 radical (unpaired) electrons. The van der Waals surface area contributed by atoms with Crippen LogP contribution < -0.4 is 0 Å². The SMILES string of the molecule is COC1CCN(C(=O)c2cc(C(=O)O)cc(-c3ccc(C)cc3)c2)C1. The van der Waals surface area contributed by atoms with Crippen LogP contribution in [0.3, 0.4) is 0 Å². The van der Waals surface area contributed by atoms with Crippen molar-refractivity contribution in [3.05, 3.63) is 59.2 Å². The molecule has 1 heterocycles. The summed E-state index contributed by atoms with van der Waals surface area (Å²) in [6, 6.07) is 12.6. The fourth-order valence-corrected chi connectivity index (χ4v) is 3.07. The van der Waals surface area contributed by atoms with Crippen molar-refractivity contribution >= 4 is 11.9 Å². The quantitative estimate of drug-likeness (QED) is 0.929. The number of hydrogen-bond donors (Lipinski definition) is 1. The molecule has 5 heteroatoms. The third kappa shape index (κ3) is 3.72. The molecule has 0 aliphatic carbocycles. The molecule has 0 aromatic heterocycles. The Morgan fingerprint density at radius 3 is 2.36 bits per heavy atom. The van der Waals surface area contributed by atoms with Crippen molar-refractivity contribution in [2.75, 3.05) is 20.2 Å². The van der Waals surface area contributed by atoms with Crippen LogP contribution in [0.25, 0.3) is 11.1 Å². The highest BCUT2D eigenvalue weighted by molar-refractivity contribution is 5.99. The summed E-state index contributed by atoms with van der Waals surface area (Å²) in [7, 11) is 1.64. The van der Waals surface area contributed by atoms with E-state index in [0.717, 1.165) is 23.1 Å². The van der Waals surface area contributed by atoms with E-state index in [1.165, 1.54) is 6.07 Å². The normalized spacial score (nSPS) is 16.9. The van der Waals surface area contributed by atoms with E-state index in [4.69, 9.17) is 4.74 Å². The number of ether oxygens (including phenoxy) is 1. The number of likely N-dealkylation sites (tertiary alicyclic amines) is 1. The molecule has 1 atom stereocenters. The lowest BCUT2D eigenvalue weighted by Crippen LogP contribution is -2.30. The first-order chi connectivity index (χ1) is 12.0. The van der Waals surface area contributed by atoms with E-state index in [1.807, 2.05) is 31.2 Å². The zero-order chi connectivity index (χ0) is 18.0. The van der Waals surface area contributed by atoms with Crippen molar-refractivity contribution in [2.24, 2.45) is 0 Å². The van der Waals surface area contributed by atoms with Crippen LogP contribution in [-0.2, 0) is 4.74 Å². The number of amides is 1. The topological polar surface area (TPSA) is 66.8 Å². The average Bonchev–Trinajstić information content (AvgIpc) is 3.10. The van der Waals surface area contributed by atoms with Gasteiger partial charge < -0.3 is 14.7 Å². The molecule has 1 fully saturated rings. The molecule has 1 amide bonds. The zero-order valence-corrected chi connectivity index (χ0v) is 14.4. The van der Waals surface area contributed by atoms with Crippen LogP contribution in [0.5, 0.6) is 0 Å². The first-order valence-electron chi connectivity index (χ1n) is 8.25. The van der Waals surface area contributed by atoms with E-state index < -0.39 is 5.97 Å². The number of carbonyl (C=O) groups is 2. The van der Waals surface area contributed by atoms with Crippen molar-refractivity contribution in [1.82, 2.24) is 4.90 Å². The molecular weight excluding hydrogens is 318 g/mol. The van der Waals surface area contributed by atoms with Gasteiger partial charge in [0.05, 0.1) is 11.7 Å². The second-order valence-corrected chi connectivity index (χ2v) is 6.37. The molecule has 1 aliphatic rings. The molecule has 1 unspecified atom stereocenters. The first-order valence-corrected chi connectivity index (χ1v) is 8.25. The monoisotopic (exact) mass is 339 g/mol. The second-order valence-electron chi connectivity index (χ2n) is 6.37. The minimum atomic E-state index is -1.04. The highest BCUT2D eigenvalue weighted by Crippen LogP contribution is 2.25. The van der Waals surface area contributed by atoms with E-state index in [1.54, 1.807) is 24.1 Å². The predicted molar refractivity (Wildman–Crippen MR) is 94.9 cm³/mol. The van der Waals surface area contributed by atoms with Crippen LogP contribution in [0.4, 0.5) is 0 Å². The molecular formula is C20H21NO4. The maximum atomic E-state index is 12.8. The van der Waals surface area contributed by atoms with Crippen molar-refractivity contribution in [1.29, 1.82) is 0 Å². The summed E-state index contributed by atoms with van der Waals surface area (Å²) in [5.74, 6) is -1.20. The molecule has 25 heavy (non-hydrogen) atoms. The lowest BCUT2D eigenvalue weighted by Gasteiger charge is -2.17. The minimum absolute atomic E-state index is 0.0446. The summed E-state index contributed by atoms with van der Waals surface area (Å²) in [6.45, 7) is 3.15. The Balaban J connectivity index is 1.97. The third-order valence-corrected chi connectivity index (χ3v) is 4.58.